The molecule has 2 rings (SSSR count). The standard InChI is InChI=1S/C14H17Br/c1-11-6-8-12(9-7-11)14-5-3-2-4-13(14)10-15/h6-9H,2-5,10H2,1H3. The van der Waals surface area contributed by atoms with E-state index in [4.69, 9.17) is 0 Å². The molecule has 0 N–H and O–H groups in total. The quantitative estimate of drug-likeness (QED) is 0.679. The molecule has 0 aliphatic heterocycles. The monoisotopic (exact) mass is 264 g/mol. The first-order chi connectivity index (χ1) is 7.31. The zero-order valence-electron chi connectivity index (χ0n) is 9.22. The van der Waals surface area contributed by atoms with Crippen molar-refractivity contribution in [2.24, 2.45) is 0 Å². The lowest BCUT2D eigenvalue weighted by molar-refractivity contribution is 0.716. The second-order valence-corrected chi connectivity index (χ2v) is 4.85. The minimum absolute atomic E-state index is 1.04. The minimum atomic E-state index is 1.04. The SMILES string of the molecule is Cc1ccc(C2=C(CBr)CCCC2)cc1. The Hall–Kier alpha value is -0.560. The van der Waals surface area contributed by atoms with Gasteiger partial charge < -0.3 is 0 Å². The molecule has 0 bridgehead atoms. The number of rotatable bonds is 2. The third-order valence-corrected chi connectivity index (χ3v) is 3.82. The first-order valence-electron chi connectivity index (χ1n) is 5.65. The van der Waals surface area contributed by atoms with Crippen LogP contribution >= 0.6 is 15.9 Å². The molecule has 1 aromatic rings. The topological polar surface area (TPSA) is 0 Å². The van der Waals surface area contributed by atoms with E-state index in [9.17, 15) is 0 Å². The fraction of sp³-hybridized carbons (Fsp3) is 0.429. The lowest BCUT2D eigenvalue weighted by Crippen LogP contribution is -2.00. The highest BCUT2D eigenvalue weighted by atomic mass is 79.9. The molecule has 0 heterocycles. The molecular formula is C14H17Br. The Morgan fingerprint density at radius 2 is 1.73 bits per heavy atom. The first-order valence-corrected chi connectivity index (χ1v) is 6.77. The van der Waals surface area contributed by atoms with Gasteiger partial charge in [-0.2, -0.15) is 0 Å². The van der Waals surface area contributed by atoms with E-state index < -0.39 is 0 Å². The zero-order chi connectivity index (χ0) is 10.7. The van der Waals surface area contributed by atoms with E-state index in [1.54, 1.807) is 11.1 Å². The Labute approximate surface area is 101 Å². The summed E-state index contributed by atoms with van der Waals surface area (Å²) in [5, 5.41) is 1.04. The highest BCUT2D eigenvalue weighted by molar-refractivity contribution is 9.09. The average Bonchev–Trinajstić information content (AvgIpc) is 2.30. The van der Waals surface area contributed by atoms with Gasteiger partial charge in [0.1, 0.15) is 0 Å². The Kier molecular flexibility index (Phi) is 3.63. The van der Waals surface area contributed by atoms with Crippen LogP contribution in [0.3, 0.4) is 0 Å². The summed E-state index contributed by atoms with van der Waals surface area (Å²) in [6.45, 7) is 2.14. The van der Waals surface area contributed by atoms with Crippen molar-refractivity contribution in [2.45, 2.75) is 32.6 Å². The molecule has 0 spiro atoms. The second kappa shape index (κ2) is 4.98. The number of benzene rings is 1. The van der Waals surface area contributed by atoms with Crippen LogP contribution < -0.4 is 0 Å². The number of halogens is 1. The number of hydrogen-bond donors (Lipinski definition) is 0. The summed E-state index contributed by atoms with van der Waals surface area (Å²) < 4.78 is 0. The van der Waals surface area contributed by atoms with Crippen LogP contribution in [0.2, 0.25) is 0 Å². The highest BCUT2D eigenvalue weighted by Gasteiger charge is 2.12. The fourth-order valence-electron chi connectivity index (χ4n) is 2.22. The number of aryl methyl sites for hydroxylation is 1. The van der Waals surface area contributed by atoms with Gasteiger partial charge in [-0.25, -0.2) is 0 Å². The molecule has 0 amide bonds. The van der Waals surface area contributed by atoms with E-state index in [0.29, 0.717) is 0 Å². The first kappa shape index (κ1) is 10.9. The average molecular weight is 265 g/mol. The van der Waals surface area contributed by atoms with E-state index in [2.05, 4.69) is 47.1 Å². The molecule has 1 heteroatoms. The van der Waals surface area contributed by atoms with Crippen molar-refractivity contribution in [2.75, 3.05) is 5.33 Å². The summed E-state index contributed by atoms with van der Waals surface area (Å²) in [6, 6.07) is 8.95. The van der Waals surface area contributed by atoms with Gasteiger partial charge in [0.2, 0.25) is 0 Å². The summed E-state index contributed by atoms with van der Waals surface area (Å²) in [6.07, 6.45) is 5.23. The summed E-state index contributed by atoms with van der Waals surface area (Å²) in [4.78, 5) is 0. The molecule has 0 saturated carbocycles. The second-order valence-electron chi connectivity index (χ2n) is 4.29. The van der Waals surface area contributed by atoms with E-state index in [-0.39, 0.29) is 0 Å². The molecule has 15 heavy (non-hydrogen) atoms. The largest absolute Gasteiger partial charge is 0.0880 e. The molecule has 0 radical (unpaired) electrons. The summed E-state index contributed by atoms with van der Waals surface area (Å²) in [5.41, 5.74) is 5.95. The van der Waals surface area contributed by atoms with Gasteiger partial charge in [-0.1, -0.05) is 51.3 Å². The van der Waals surface area contributed by atoms with Gasteiger partial charge in [0.05, 0.1) is 0 Å². The molecule has 1 aromatic carbocycles. The minimum Gasteiger partial charge on any atom is -0.0880 e. The van der Waals surface area contributed by atoms with Crippen LogP contribution in [0.4, 0.5) is 0 Å². The van der Waals surface area contributed by atoms with E-state index in [1.807, 2.05) is 0 Å². The van der Waals surface area contributed by atoms with Crippen molar-refractivity contribution in [3.05, 3.63) is 41.0 Å². The van der Waals surface area contributed by atoms with Gasteiger partial charge in [0, 0.05) is 5.33 Å². The number of alkyl halides is 1. The molecule has 80 valence electrons. The maximum absolute atomic E-state index is 3.61. The lowest BCUT2D eigenvalue weighted by atomic mass is 9.88. The van der Waals surface area contributed by atoms with E-state index in [0.717, 1.165) is 5.33 Å². The van der Waals surface area contributed by atoms with Gasteiger partial charge in [0.15, 0.2) is 0 Å². The smallest absolute Gasteiger partial charge is 0.0247 e. The van der Waals surface area contributed by atoms with Crippen molar-refractivity contribution in [3.63, 3.8) is 0 Å². The maximum Gasteiger partial charge on any atom is 0.0247 e. The molecule has 0 unspecified atom stereocenters. The predicted octanol–water partition coefficient (Wildman–Crippen LogP) is 4.72. The van der Waals surface area contributed by atoms with Gasteiger partial charge in [-0.05, 0) is 43.7 Å². The van der Waals surface area contributed by atoms with Crippen molar-refractivity contribution in [1.82, 2.24) is 0 Å². The van der Waals surface area contributed by atoms with Gasteiger partial charge in [0.25, 0.3) is 0 Å². The zero-order valence-corrected chi connectivity index (χ0v) is 10.8. The number of hydrogen-bond acceptors (Lipinski definition) is 0. The van der Waals surface area contributed by atoms with Crippen molar-refractivity contribution >= 4 is 21.5 Å². The third-order valence-electron chi connectivity index (χ3n) is 3.14. The molecule has 1 aliphatic carbocycles. The molecule has 1 aliphatic rings. The van der Waals surface area contributed by atoms with Crippen LogP contribution in [-0.4, -0.2) is 5.33 Å². The molecule has 0 atom stereocenters. The maximum atomic E-state index is 3.61. The Bertz CT molecular complexity index is 359. The highest BCUT2D eigenvalue weighted by Crippen LogP contribution is 2.33. The summed E-state index contributed by atoms with van der Waals surface area (Å²) in [7, 11) is 0. The lowest BCUT2D eigenvalue weighted by Gasteiger charge is -2.19. The van der Waals surface area contributed by atoms with Crippen LogP contribution in [-0.2, 0) is 0 Å². The number of allylic oxidation sites excluding steroid dienone is 2. The van der Waals surface area contributed by atoms with Crippen molar-refractivity contribution in [1.29, 1.82) is 0 Å². The van der Waals surface area contributed by atoms with Crippen LogP contribution in [0.25, 0.3) is 5.57 Å². The molecule has 0 fully saturated rings. The van der Waals surface area contributed by atoms with E-state index >= 15 is 0 Å². The Morgan fingerprint density at radius 1 is 1.07 bits per heavy atom. The van der Waals surface area contributed by atoms with Crippen LogP contribution in [0.5, 0.6) is 0 Å². The van der Waals surface area contributed by atoms with Crippen molar-refractivity contribution in [3.8, 4) is 0 Å². The molecular weight excluding hydrogens is 248 g/mol. The molecule has 0 nitrogen and oxygen atoms in total. The Balaban J connectivity index is 2.35. The summed E-state index contributed by atoms with van der Waals surface area (Å²) >= 11 is 3.61. The van der Waals surface area contributed by atoms with Gasteiger partial charge in [-0.15, -0.1) is 0 Å². The normalized spacial score (nSPS) is 16.9. The van der Waals surface area contributed by atoms with Crippen LogP contribution in [0.1, 0.15) is 36.8 Å². The Morgan fingerprint density at radius 3 is 2.40 bits per heavy atom. The molecule has 0 saturated heterocycles. The van der Waals surface area contributed by atoms with Gasteiger partial charge in [-0.3, -0.25) is 0 Å². The fourth-order valence-corrected chi connectivity index (χ4v) is 2.84. The van der Waals surface area contributed by atoms with Crippen LogP contribution in [0.15, 0.2) is 29.8 Å². The molecule has 0 aromatic heterocycles. The third kappa shape index (κ3) is 2.52. The van der Waals surface area contributed by atoms with Crippen LogP contribution in [0, 0.1) is 6.92 Å². The van der Waals surface area contributed by atoms with E-state index in [1.165, 1.54) is 36.8 Å². The predicted molar refractivity (Wildman–Crippen MR) is 70.4 cm³/mol. The van der Waals surface area contributed by atoms with Crippen molar-refractivity contribution < 1.29 is 0 Å². The van der Waals surface area contributed by atoms with Gasteiger partial charge >= 0.3 is 0 Å². The summed E-state index contributed by atoms with van der Waals surface area (Å²) in [5.74, 6) is 0.